The topological polar surface area (TPSA) is 88.1 Å². The van der Waals surface area contributed by atoms with E-state index in [0.717, 1.165) is 30.6 Å². The van der Waals surface area contributed by atoms with Gasteiger partial charge in [-0.25, -0.2) is 0 Å². The molecule has 0 aromatic carbocycles. The Bertz CT molecular complexity index is 849. The molecule has 150 valence electrons. The van der Waals surface area contributed by atoms with Gasteiger partial charge in [0.25, 0.3) is 0 Å². The number of ether oxygens (including phenoxy) is 4. The lowest BCUT2D eigenvalue weighted by molar-refractivity contribution is -0.376. The van der Waals surface area contributed by atoms with E-state index in [9.17, 15) is 14.4 Å². The number of Topliss-reactive ketones (excluding diaryl/α,β-unsaturated/α-hetero) is 1. The van der Waals surface area contributed by atoms with Gasteiger partial charge in [0.2, 0.25) is 5.79 Å². The van der Waals surface area contributed by atoms with Crippen LogP contribution in [0.4, 0.5) is 0 Å². The highest BCUT2D eigenvalue weighted by Crippen LogP contribution is 2.73. The van der Waals surface area contributed by atoms with Crippen LogP contribution >= 0.6 is 0 Å². The lowest BCUT2D eigenvalue weighted by atomic mass is 9.41. The molecule has 0 radical (unpaired) electrons. The number of esters is 2. The molecular formula is C21H24O7. The smallest absolute Gasteiger partial charge is 0.319 e. The molecule has 7 rings (SSSR count). The summed E-state index contributed by atoms with van der Waals surface area (Å²) in [5.41, 5.74) is -0.375. The summed E-state index contributed by atoms with van der Waals surface area (Å²) in [6.45, 7) is 3.81. The largest absolute Gasteiger partial charge is 0.489 e. The number of hydrogen-bond acceptors (Lipinski definition) is 7. The van der Waals surface area contributed by atoms with E-state index in [1.54, 1.807) is 0 Å². The summed E-state index contributed by atoms with van der Waals surface area (Å²) in [6, 6.07) is 0. The summed E-state index contributed by atoms with van der Waals surface area (Å²) in [5, 5.41) is 0. The number of ketones is 1. The number of carbonyl (C=O) groups is 3. The van der Waals surface area contributed by atoms with Gasteiger partial charge in [-0.15, -0.1) is 0 Å². The summed E-state index contributed by atoms with van der Waals surface area (Å²) in [4.78, 5) is 37.2. The van der Waals surface area contributed by atoms with Crippen LogP contribution in [0.3, 0.4) is 0 Å². The van der Waals surface area contributed by atoms with Gasteiger partial charge in [-0.2, -0.15) is 0 Å². The van der Waals surface area contributed by atoms with Crippen LogP contribution < -0.4 is 0 Å². The van der Waals surface area contributed by atoms with Crippen molar-refractivity contribution in [2.24, 2.45) is 28.6 Å². The summed E-state index contributed by atoms with van der Waals surface area (Å²) in [5.74, 6) is -0.746. The standard InChI is InChI=1S/C21H24O7/c1-10(22)28-21-6-5-20(9-26-21)13-4-3-11-14(23)8-25-16(11)12(13)7-15-17(20)19(21,2)18(24)27-15/h12-13,15,17H,3-9H2,1-2H3/t12-,13-,15-,17+,19+,20+,21-/m1/s1. The minimum Gasteiger partial charge on any atom is -0.489 e. The Morgan fingerprint density at radius 2 is 2.07 bits per heavy atom. The average Bonchev–Trinajstić information content (AvgIpc) is 3.16. The molecule has 7 nitrogen and oxygen atoms in total. The zero-order valence-electron chi connectivity index (χ0n) is 16.1. The third-order valence-electron chi connectivity index (χ3n) is 8.63. The third-order valence-corrected chi connectivity index (χ3v) is 8.63. The van der Waals surface area contributed by atoms with Gasteiger partial charge in [0.1, 0.15) is 17.3 Å². The van der Waals surface area contributed by atoms with Crippen molar-refractivity contribution in [3.8, 4) is 0 Å². The molecule has 0 aromatic heterocycles. The zero-order chi connectivity index (χ0) is 19.5. The monoisotopic (exact) mass is 388 g/mol. The quantitative estimate of drug-likeness (QED) is 0.634. The fourth-order valence-electron chi connectivity index (χ4n) is 7.68. The second-order valence-electron chi connectivity index (χ2n) is 9.53. The Balaban J connectivity index is 1.48. The van der Waals surface area contributed by atoms with E-state index in [2.05, 4.69) is 0 Å². The van der Waals surface area contributed by atoms with Crippen LogP contribution in [0.2, 0.25) is 0 Å². The molecule has 0 aromatic rings. The van der Waals surface area contributed by atoms with Crippen LogP contribution in [0.1, 0.15) is 46.0 Å². The molecule has 2 bridgehead atoms. The van der Waals surface area contributed by atoms with Crippen LogP contribution in [0.15, 0.2) is 11.3 Å². The normalized spacial score (nSPS) is 50.5. The lowest BCUT2D eigenvalue weighted by Gasteiger charge is -2.67. The van der Waals surface area contributed by atoms with Crippen LogP contribution in [0.25, 0.3) is 0 Å². The van der Waals surface area contributed by atoms with Gasteiger partial charge < -0.3 is 18.9 Å². The molecular weight excluding hydrogens is 364 g/mol. The first kappa shape index (κ1) is 17.0. The van der Waals surface area contributed by atoms with Gasteiger partial charge in [0.05, 0.1) is 6.61 Å². The molecule has 28 heavy (non-hydrogen) atoms. The van der Waals surface area contributed by atoms with Crippen LogP contribution in [0, 0.1) is 28.6 Å². The maximum atomic E-state index is 13.1. The molecule has 1 spiro atoms. The highest BCUT2D eigenvalue weighted by molar-refractivity contribution is 5.99. The van der Waals surface area contributed by atoms with Crippen molar-refractivity contribution in [1.82, 2.24) is 0 Å². The SMILES string of the molecule is CC(=O)O[C@@]12CC[C@]3(CO1)[C@@H]1CCC4=C(OCC4=O)[C@@H]1C[C@H]1OC(=O)[C@]2(C)[C@H]13. The van der Waals surface area contributed by atoms with Crippen molar-refractivity contribution in [3.63, 3.8) is 0 Å². The molecule has 0 N–H and O–H groups in total. The zero-order valence-corrected chi connectivity index (χ0v) is 16.1. The number of hydrogen-bond donors (Lipinski definition) is 0. The van der Waals surface area contributed by atoms with E-state index in [1.165, 1.54) is 6.92 Å². The van der Waals surface area contributed by atoms with Gasteiger partial charge in [-0.1, -0.05) is 0 Å². The van der Waals surface area contributed by atoms with E-state index in [0.29, 0.717) is 19.4 Å². The fraction of sp³-hybridized carbons (Fsp3) is 0.762. The van der Waals surface area contributed by atoms with Crippen molar-refractivity contribution >= 4 is 17.7 Å². The Morgan fingerprint density at radius 3 is 2.79 bits per heavy atom. The van der Waals surface area contributed by atoms with Crippen molar-refractivity contribution in [2.75, 3.05) is 13.2 Å². The van der Waals surface area contributed by atoms with Crippen molar-refractivity contribution in [3.05, 3.63) is 11.3 Å². The number of allylic oxidation sites excluding steroid dienone is 1. The number of rotatable bonds is 1. The lowest BCUT2D eigenvalue weighted by Crippen LogP contribution is -2.73. The maximum Gasteiger partial charge on any atom is 0.319 e. The Morgan fingerprint density at radius 1 is 1.25 bits per heavy atom. The highest BCUT2D eigenvalue weighted by Gasteiger charge is 2.81. The number of fused-ring (bicyclic) bond motifs is 4. The van der Waals surface area contributed by atoms with E-state index in [-0.39, 0.29) is 47.6 Å². The molecule has 7 atom stereocenters. The molecule has 3 saturated heterocycles. The molecule has 0 unspecified atom stereocenters. The predicted octanol–water partition coefficient (Wildman–Crippen LogP) is 1.89. The first-order valence-electron chi connectivity index (χ1n) is 10.3. The third kappa shape index (κ3) is 1.66. The Hall–Kier alpha value is -1.89. The van der Waals surface area contributed by atoms with Crippen LogP contribution in [0.5, 0.6) is 0 Å². The van der Waals surface area contributed by atoms with E-state index >= 15 is 0 Å². The van der Waals surface area contributed by atoms with Gasteiger partial charge in [0, 0.05) is 36.2 Å². The summed E-state index contributed by atoms with van der Waals surface area (Å²) >= 11 is 0. The first-order chi connectivity index (χ1) is 13.3. The maximum absolute atomic E-state index is 13.1. The van der Waals surface area contributed by atoms with Gasteiger partial charge >= 0.3 is 11.9 Å². The van der Waals surface area contributed by atoms with Crippen molar-refractivity contribution < 1.29 is 33.3 Å². The Kier molecular flexibility index (Phi) is 3.03. The molecule has 7 aliphatic rings. The summed E-state index contributed by atoms with van der Waals surface area (Å²) in [7, 11) is 0. The second-order valence-corrected chi connectivity index (χ2v) is 9.53. The fourth-order valence-corrected chi connectivity index (χ4v) is 7.68. The van der Waals surface area contributed by atoms with Gasteiger partial charge in [0.15, 0.2) is 12.4 Å². The second kappa shape index (κ2) is 4.99. The molecule has 4 heterocycles. The van der Waals surface area contributed by atoms with Crippen molar-refractivity contribution in [1.29, 1.82) is 0 Å². The van der Waals surface area contributed by atoms with Crippen LogP contribution in [-0.2, 0) is 33.3 Å². The van der Waals surface area contributed by atoms with E-state index in [1.807, 2.05) is 6.92 Å². The van der Waals surface area contributed by atoms with Crippen LogP contribution in [-0.4, -0.2) is 42.8 Å². The molecule has 3 aliphatic carbocycles. The molecule has 4 aliphatic heterocycles. The van der Waals surface area contributed by atoms with E-state index < -0.39 is 17.2 Å². The minimum absolute atomic E-state index is 0.0464. The molecule has 0 amide bonds. The molecule has 2 saturated carbocycles. The first-order valence-corrected chi connectivity index (χ1v) is 10.3. The molecule has 7 heteroatoms. The number of carbonyl (C=O) groups excluding carboxylic acids is 3. The predicted molar refractivity (Wildman–Crippen MR) is 92.4 cm³/mol. The van der Waals surface area contributed by atoms with Gasteiger partial charge in [-0.3, -0.25) is 14.4 Å². The minimum atomic E-state index is -1.23. The molecule has 5 fully saturated rings. The average molecular weight is 388 g/mol. The summed E-state index contributed by atoms with van der Waals surface area (Å²) < 4.78 is 23.7. The van der Waals surface area contributed by atoms with E-state index in [4.69, 9.17) is 18.9 Å². The van der Waals surface area contributed by atoms with Gasteiger partial charge in [-0.05, 0) is 38.5 Å². The van der Waals surface area contributed by atoms with Crippen molar-refractivity contribution in [2.45, 2.75) is 57.8 Å². The Labute approximate surface area is 162 Å². The summed E-state index contributed by atoms with van der Waals surface area (Å²) in [6.07, 6.45) is 3.36. The highest BCUT2D eigenvalue weighted by atomic mass is 16.7.